The Labute approximate surface area is 202 Å². The number of aryl methyl sites for hydroxylation is 1. The van der Waals surface area contributed by atoms with Crippen molar-refractivity contribution >= 4 is 33.0 Å². The highest BCUT2D eigenvalue weighted by Crippen LogP contribution is 2.32. The lowest BCUT2D eigenvalue weighted by Gasteiger charge is -2.23. The lowest BCUT2D eigenvalue weighted by molar-refractivity contribution is -0.395. The molecular formula is C24H23N3O7S. The summed E-state index contributed by atoms with van der Waals surface area (Å²) in [7, 11) is -4.46. The Balaban J connectivity index is 2.21. The van der Waals surface area contributed by atoms with Gasteiger partial charge in [0.1, 0.15) is 5.56 Å². The Bertz CT molecular complexity index is 1340. The molecule has 0 aliphatic heterocycles. The number of hydrogen-bond acceptors (Lipinski definition) is 7. The predicted octanol–water partition coefficient (Wildman–Crippen LogP) is 5.19. The maximum atomic E-state index is 13.6. The number of amides is 1. The summed E-state index contributed by atoms with van der Waals surface area (Å²) in [6.45, 7) is 3.24. The third-order valence-electron chi connectivity index (χ3n) is 5.45. The zero-order valence-electron chi connectivity index (χ0n) is 19.1. The minimum Gasteiger partial charge on any atom is -0.268 e. The van der Waals surface area contributed by atoms with Gasteiger partial charge in [-0.2, -0.15) is 4.31 Å². The summed E-state index contributed by atoms with van der Waals surface area (Å²) in [5.41, 5.74) is -1.10. The first-order valence-corrected chi connectivity index (χ1v) is 12.2. The molecule has 0 aromatic heterocycles. The van der Waals surface area contributed by atoms with Gasteiger partial charge in [-0.1, -0.05) is 43.7 Å². The zero-order valence-corrected chi connectivity index (χ0v) is 19.9. The molecule has 3 aromatic carbocycles. The van der Waals surface area contributed by atoms with Gasteiger partial charge in [0, 0.05) is 12.1 Å². The first-order valence-electron chi connectivity index (χ1n) is 10.7. The Kier molecular flexibility index (Phi) is 7.60. The number of anilines is 1. The monoisotopic (exact) mass is 497 g/mol. The molecule has 0 unspecified atom stereocenters. The third-order valence-corrected chi connectivity index (χ3v) is 7.17. The minimum atomic E-state index is -4.46. The second kappa shape index (κ2) is 10.4. The number of nitro groups is 2. The molecule has 35 heavy (non-hydrogen) atoms. The summed E-state index contributed by atoms with van der Waals surface area (Å²) < 4.78 is 27.6. The molecule has 3 rings (SSSR count). The first-order chi connectivity index (χ1) is 16.6. The number of rotatable bonds is 9. The van der Waals surface area contributed by atoms with Crippen molar-refractivity contribution in [3.05, 3.63) is 104 Å². The van der Waals surface area contributed by atoms with Gasteiger partial charge in [-0.3, -0.25) is 25.0 Å². The van der Waals surface area contributed by atoms with E-state index in [-0.39, 0.29) is 16.1 Å². The van der Waals surface area contributed by atoms with Gasteiger partial charge in [0.05, 0.1) is 26.0 Å². The van der Waals surface area contributed by atoms with E-state index in [4.69, 9.17) is 0 Å². The molecule has 0 aliphatic carbocycles. The van der Waals surface area contributed by atoms with Crippen LogP contribution in [0.5, 0.6) is 0 Å². The average molecular weight is 498 g/mol. The minimum absolute atomic E-state index is 0.00461. The first kappa shape index (κ1) is 25.5. The van der Waals surface area contributed by atoms with Crippen LogP contribution in [0.3, 0.4) is 0 Å². The molecule has 0 fully saturated rings. The molecule has 0 bridgehead atoms. The predicted molar refractivity (Wildman–Crippen MR) is 130 cm³/mol. The zero-order chi connectivity index (χ0) is 25.8. The van der Waals surface area contributed by atoms with Crippen LogP contribution in [0.4, 0.5) is 17.1 Å². The molecule has 11 heteroatoms. The third kappa shape index (κ3) is 5.35. The van der Waals surface area contributed by atoms with Crippen LogP contribution in [-0.4, -0.2) is 24.2 Å². The molecule has 0 saturated carbocycles. The lowest BCUT2D eigenvalue weighted by atomic mass is 10.1. The van der Waals surface area contributed by atoms with Crippen molar-refractivity contribution < 1.29 is 23.1 Å². The summed E-state index contributed by atoms with van der Waals surface area (Å²) in [5, 5.41) is 23.0. The molecule has 0 atom stereocenters. The number of sulfonamides is 1. The number of nitro benzene ring substituents is 2. The summed E-state index contributed by atoms with van der Waals surface area (Å²) in [6, 6.07) is 15.3. The van der Waals surface area contributed by atoms with E-state index in [1.807, 2.05) is 6.92 Å². The van der Waals surface area contributed by atoms with Crippen LogP contribution in [0.2, 0.25) is 0 Å². The van der Waals surface area contributed by atoms with Crippen molar-refractivity contribution in [3.8, 4) is 0 Å². The van der Waals surface area contributed by atoms with Gasteiger partial charge in [-0.15, -0.1) is 0 Å². The second-order valence-electron chi connectivity index (χ2n) is 7.81. The van der Waals surface area contributed by atoms with Gasteiger partial charge < -0.3 is 0 Å². The number of carbonyl (C=O) groups is 1. The summed E-state index contributed by atoms with van der Waals surface area (Å²) in [6.07, 6.45) is 2.67. The van der Waals surface area contributed by atoms with E-state index < -0.39 is 42.7 Å². The van der Waals surface area contributed by atoms with Crippen LogP contribution < -0.4 is 4.31 Å². The van der Waals surface area contributed by atoms with E-state index in [2.05, 4.69) is 0 Å². The van der Waals surface area contributed by atoms with E-state index >= 15 is 0 Å². The van der Waals surface area contributed by atoms with Crippen molar-refractivity contribution in [2.45, 2.75) is 38.0 Å². The maximum Gasteiger partial charge on any atom is 0.279 e. The summed E-state index contributed by atoms with van der Waals surface area (Å²) in [4.78, 5) is 34.7. The largest absolute Gasteiger partial charge is 0.279 e. The van der Waals surface area contributed by atoms with Crippen LogP contribution in [0.25, 0.3) is 0 Å². The van der Waals surface area contributed by atoms with Crippen LogP contribution in [0, 0.1) is 27.2 Å². The number of benzene rings is 3. The standard InChI is InChI=1S/C24H23N3O7S/c1-3-4-8-18-11-13-20(14-12-18)25(35(33,34)21-9-6-5-7-10-21)24(28)19-15-22(26(29)30)17(2)23(16-19)27(31)32/h5-7,9-16H,3-4,8H2,1-2H3. The molecule has 10 nitrogen and oxygen atoms in total. The van der Waals surface area contributed by atoms with Crippen LogP contribution in [-0.2, 0) is 16.4 Å². The fourth-order valence-electron chi connectivity index (χ4n) is 3.55. The van der Waals surface area contributed by atoms with Gasteiger partial charge in [-0.05, 0) is 49.6 Å². The molecule has 182 valence electrons. The SMILES string of the molecule is CCCCc1ccc(N(C(=O)c2cc([N+](=O)[O-])c(C)c([N+](=O)[O-])c2)S(=O)(=O)c2ccccc2)cc1. The Hall–Kier alpha value is -4.12. The smallest absolute Gasteiger partial charge is 0.268 e. The van der Waals surface area contributed by atoms with E-state index in [1.165, 1.54) is 43.3 Å². The topological polar surface area (TPSA) is 141 Å². The molecule has 0 aliphatic rings. The molecule has 0 saturated heterocycles. The Morgan fingerprint density at radius 2 is 1.46 bits per heavy atom. The van der Waals surface area contributed by atoms with E-state index in [9.17, 15) is 33.4 Å². The van der Waals surface area contributed by atoms with Gasteiger partial charge in [-0.25, -0.2) is 8.42 Å². The van der Waals surface area contributed by atoms with Crippen molar-refractivity contribution in [2.24, 2.45) is 0 Å². The second-order valence-corrected chi connectivity index (χ2v) is 9.60. The Morgan fingerprint density at radius 3 is 1.94 bits per heavy atom. The van der Waals surface area contributed by atoms with E-state index in [0.29, 0.717) is 4.31 Å². The van der Waals surface area contributed by atoms with Gasteiger partial charge in [0.15, 0.2) is 0 Å². The molecular weight excluding hydrogens is 474 g/mol. The number of nitrogens with zero attached hydrogens (tertiary/aromatic N) is 3. The Morgan fingerprint density at radius 1 is 0.914 bits per heavy atom. The van der Waals surface area contributed by atoms with Gasteiger partial charge in [0.25, 0.3) is 27.3 Å². The van der Waals surface area contributed by atoms with Crippen LogP contribution in [0.1, 0.15) is 41.3 Å². The molecule has 0 heterocycles. The number of hydrogen-bond donors (Lipinski definition) is 0. The molecule has 3 aromatic rings. The van der Waals surface area contributed by atoms with Crippen molar-refractivity contribution in [3.63, 3.8) is 0 Å². The highest BCUT2D eigenvalue weighted by atomic mass is 32.2. The van der Waals surface area contributed by atoms with Crippen molar-refractivity contribution in [1.82, 2.24) is 0 Å². The van der Waals surface area contributed by atoms with Crippen LogP contribution in [0.15, 0.2) is 71.6 Å². The fraction of sp³-hybridized carbons (Fsp3) is 0.208. The summed E-state index contributed by atoms with van der Waals surface area (Å²) >= 11 is 0. The molecule has 0 N–H and O–H groups in total. The normalized spacial score (nSPS) is 11.1. The van der Waals surface area contributed by atoms with Gasteiger partial charge in [0.2, 0.25) is 0 Å². The highest BCUT2D eigenvalue weighted by Gasteiger charge is 2.34. The number of unbranched alkanes of at least 4 members (excludes halogenated alkanes) is 1. The molecule has 0 spiro atoms. The van der Waals surface area contributed by atoms with Gasteiger partial charge >= 0.3 is 0 Å². The highest BCUT2D eigenvalue weighted by molar-refractivity contribution is 7.93. The van der Waals surface area contributed by atoms with Crippen LogP contribution >= 0.6 is 0 Å². The maximum absolute atomic E-state index is 13.6. The van der Waals surface area contributed by atoms with E-state index in [1.54, 1.807) is 18.2 Å². The fourth-order valence-corrected chi connectivity index (χ4v) is 4.98. The average Bonchev–Trinajstić information content (AvgIpc) is 2.83. The summed E-state index contributed by atoms with van der Waals surface area (Å²) in [5.74, 6) is -1.15. The molecule has 1 amide bonds. The quantitative estimate of drug-likeness (QED) is 0.292. The van der Waals surface area contributed by atoms with E-state index in [0.717, 1.165) is 37.0 Å². The lowest BCUT2D eigenvalue weighted by Crippen LogP contribution is -2.37. The van der Waals surface area contributed by atoms with Crippen molar-refractivity contribution in [2.75, 3.05) is 4.31 Å². The van der Waals surface area contributed by atoms with Crippen molar-refractivity contribution in [1.29, 1.82) is 0 Å². The molecule has 0 radical (unpaired) electrons. The number of carbonyl (C=O) groups excluding carboxylic acids is 1.